The van der Waals surface area contributed by atoms with Gasteiger partial charge in [-0.1, -0.05) is 19.1 Å². The third-order valence-electron chi connectivity index (χ3n) is 3.01. The first-order valence-corrected chi connectivity index (χ1v) is 7.23. The number of benzene rings is 1. The van der Waals surface area contributed by atoms with Gasteiger partial charge < -0.3 is 19.5 Å². The summed E-state index contributed by atoms with van der Waals surface area (Å²) in [4.78, 5) is 11.6. The van der Waals surface area contributed by atoms with Crippen molar-refractivity contribution in [2.45, 2.75) is 32.4 Å². The number of carbonyl (C=O) groups excluding carboxylic acids is 1. The first-order chi connectivity index (χ1) is 10.2. The summed E-state index contributed by atoms with van der Waals surface area (Å²) < 4.78 is 15.6. The van der Waals surface area contributed by atoms with Crippen LogP contribution in [0, 0.1) is 0 Å². The van der Waals surface area contributed by atoms with Gasteiger partial charge in [0, 0.05) is 13.5 Å². The summed E-state index contributed by atoms with van der Waals surface area (Å²) in [5.41, 5.74) is 1.06. The van der Waals surface area contributed by atoms with Crippen LogP contribution in [0.25, 0.3) is 0 Å². The lowest BCUT2D eigenvalue weighted by Crippen LogP contribution is -2.39. The minimum atomic E-state index is -0.322. The highest BCUT2D eigenvalue weighted by Crippen LogP contribution is 2.14. The van der Waals surface area contributed by atoms with Crippen LogP contribution in [0.3, 0.4) is 0 Å². The molecule has 0 bridgehead atoms. The van der Waals surface area contributed by atoms with Gasteiger partial charge >= 0.3 is 5.97 Å². The predicted octanol–water partition coefficient (Wildman–Crippen LogP) is 2.14. The van der Waals surface area contributed by atoms with Gasteiger partial charge in [-0.15, -0.1) is 0 Å². The van der Waals surface area contributed by atoms with Crippen molar-refractivity contribution < 1.29 is 19.0 Å². The average Bonchev–Trinajstić information content (AvgIpc) is 2.50. The molecule has 1 unspecified atom stereocenters. The molecular weight excluding hydrogens is 270 g/mol. The van der Waals surface area contributed by atoms with E-state index in [0.717, 1.165) is 24.3 Å². The van der Waals surface area contributed by atoms with Gasteiger partial charge in [0.25, 0.3) is 0 Å². The van der Waals surface area contributed by atoms with E-state index in [1.165, 1.54) is 7.11 Å². The Morgan fingerprint density at radius 3 is 2.81 bits per heavy atom. The quantitative estimate of drug-likeness (QED) is 0.670. The predicted molar refractivity (Wildman–Crippen MR) is 81.4 cm³/mol. The molecule has 0 aliphatic heterocycles. The molecule has 5 heteroatoms. The van der Waals surface area contributed by atoms with Gasteiger partial charge in [-0.05, 0) is 30.7 Å². The molecule has 0 aliphatic rings. The first kappa shape index (κ1) is 17.5. The lowest BCUT2D eigenvalue weighted by molar-refractivity contribution is -0.143. The van der Waals surface area contributed by atoms with E-state index in [2.05, 4.69) is 12.2 Å². The van der Waals surface area contributed by atoms with Crippen LogP contribution in [0.2, 0.25) is 0 Å². The van der Waals surface area contributed by atoms with Crippen molar-refractivity contribution in [2.75, 3.05) is 27.4 Å². The molecule has 5 nitrogen and oxygen atoms in total. The average molecular weight is 295 g/mol. The summed E-state index contributed by atoms with van der Waals surface area (Å²) in [6, 6.07) is 7.42. The van der Waals surface area contributed by atoms with Crippen molar-refractivity contribution >= 4 is 5.97 Å². The second-order valence-corrected chi connectivity index (χ2v) is 4.75. The van der Waals surface area contributed by atoms with E-state index in [1.54, 1.807) is 7.11 Å². The van der Waals surface area contributed by atoms with Gasteiger partial charge in [0.1, 0.15) is 11.8 Å². The second kappa shape index (κ2) is 10.2. The molecule has 118 valence electrons. The molecule has 0 radical (unpaired) electrons. The van der Waals surface area contributed by atoms with Crippen LogP contribution in [0.15, 0.2) is 24.3 Å². The molecule has 0 amide bonds. The Bertz CT molecular complexity index is 422. The van der Waals surface area contributed by atoms with Crippen LogP contribution in [0.4, 0.5) is 0 Å². The number of ether oxygens (including phenoxy) is 3. The van der Waals surface area contributed by atoms with E-state index in [4.69, 9.17) is 14.2 Å². The Morgan fingerprint density at radius 1 is 1.33 bits per heavy atom. The molecule has 0 aliphatic carbocycles. The lowest BCUT2D eigenvalue weighted by atomic mass is 10.2. The fourth-order valence-corrected chi connectivity index (χ4v) is 1.95. The number of nitrogens with one attached hydrogen (secondary N) is 1. The molecule has 1 aromatic carbocycles. The molecule has 1 N–H and O–H groups in total. The Labute approximate surface area is 126 Å². The normalized spacial score (nSPS) is 12.0. The Balaban J connectivity index is 2.45. The van der Waals surface area contributed by atoms with Crippen molar-refractivity contribution in [1.29, 1.82) is 0 Å². The molecule has 0 saturated carbocycles. The fourth-order valence-electron chi connectivity index (χ4n) is 1.95. The van der Waals surface area contributed by atoms with Crippen LogP contribution in [-0.2, 0) is 20.9 Å². The highest BCUT2D eigenvalue weighted by Gasteiger charge is 2.17. The van der Waals surface area contributed by atoms with Crippen molar-refractivity contribution in [1.82, 2.24) is 5.32 Å². The lowest BCUT2D eigenvalue weighted by Gasteiger charge is -2.16. The monoisotopic (exact) mass is 295 g/mol. The number of carbonyl (C=O) groups is 1. The third kappa shape index (κ3) is 6.60. The minimum Gasteiger partial charge on any atom is -0.494 e. The van der Waals surface area contributed by atoms with E-state index in [0.29, 0.717) is 19.6 Å². The molecule has 0 heterocycles. The van der Waals surface area contributed by atoms with E-state index in [1.807, 2.05) is 24.3 Å². The topological polar surface area (TPSA) is 56.8 Å². The zero-order valence-electron chi connectivity index (χ0n) is 13.1. The maximum Gasteiger partial charge on any atom is 0.322 e. The summed E-state index contributed by atoms with van der Waals surface area (Å²) >= 11 is 0. The summed E-state index contributed by atoms with van der Waals surface area (Å²) in [5.74, 6) is 0.531. The minimum absolute atomic E-state index is 0.250. The van der Waals surface area contributed by atoms with Crippen LogP contribution in [0.5, 0.6) is 5.75 Å². The van der Waals surface area contributed by atoms with Gasteiger partial charge in [-0.2, -0.15) is 0 Å². The number of hydrogen-bond acceptors (Lipinski definition) is 5. The first-order valence-electron chi connectivity index (χ1n) is 7.23. The van der Waals surface area contributed by atoms with Crippen molar-refractivity contribution in [3.8, 4) is 5.75 Å². The molecule has 0 fully saturated rings. The van der Waals surface area contributed by atoms with E-state index < -0.39 is 0 Å². The van der Waals surface area contributed by atoms with E-state index >= 15 is 0 Å². The summed E-state index contributed by atoms with van der Waals surface area (Å²) in [6.45, 7) is 3.84. The maximum absolute atomic E-state index is 11.6. The zero-order chi connectivity index (χ0) is 15.5. The number of hydrogen-bond donors (Lipinski definition) is 1. The highest BCUT2D eigenvalue weighted by atomic mass is 16.5. The van der Waals surface area contributed by atoms with Crippen molar-refractivity contribution in [3.05, 3.63) is 29.8 Å². The van der Waals surface area contributed by atoms with Gasteiger partial charge in [0.2, 0.25) is 0 Å². The zero-order valence-corrected chi connectivity index (χ0v) is 13.1. The fraction of sp³-hybridized carbons (Fsp3) is 0.562. The van der Waals surface area contributed by atoms with Gasteiger partial charge in [-0.3, -0.25) is 4.79 Å². The van der Waals surface area contributed by atoms with Crippen molar-refractivity contribution in [3.63, 3.8) is 0 Å². The second-order valence-electron chi connectivity index (χ2n) is 4.75. The van der Waals surface area contributed by atoms with Crippen LogP contribution in [-0.4, -0.2) is 39.4 Å². The number of esters is 1. The van der Waals surface area contributed by atoms with Crippen molar-refractivity contribution in [2.24, 2.45) is 0 Å². The Morgan fingerprint density at radius 2 is 2.14 bits per heavy atom. The summed E-state index contributed by atoms with van der Waals surface area (Å²) in [5, 5.41) is 3.16. The largest absolute Gasteiger partial charge is 0.494 e. The molecule has 0 spiro atoms. The molecular formula is C16H25NO4. The smallest absolute Gasteiger partial charge is 0.322 e. The molecule has 0 aromatic heterocycles. The van der Waals surface area contributed by atoms with Gasteiger partial charge in [0.05, 0.1) is 20.3 Å². The van der Waals surface area contributed by atoms with Crippen LogP contribution < -0.4 is 10.1 Å². The Kier molecular flexibility index (Phi) is 8.47. The number of rotatable bonds is 10. The van der Waals surface area contributed by atoms with Crippen LogP contribution in [0.1, 0.15) is 25.3 Å². The van der Waals surface area contributed by atoms with Crippen LogP contribution >= 0.6 is 0 Å². The molecule has 1 aromatic rings. The molecule has 1 atom stereocenters. The maximum atomic E-state index is 11.6. The highest BCUT2D eigenvalue weighted by molar-refractivity contribution is 5.75. The molecule has 21 heavy (non-hydrogen) atoms. The number of methoxy groups -OCH3 is 2. The van der Waals surface area contributed by atoms with E-state index in [9.17, 15) is 4.79 Å². The molecule has 1 rings (SSSR count). The standard InChI is InChI=1S/C16H25NO4/c1-4-9-17-15(16(18)20-3)8-10-21-14-7-5-6-13(11-14)12-19-2/h5-7,11,15,17H,4,8-10,12H2,1-3H3. The summed E-state index contributed by atoms with van der Waals surface area (Å²) in [7, 11) is 3.06. The van der Waals surface area contributed by atoms with Gasteiger partial charge in [0.15, 0.2) is 0 Å². The van der Waals surface area contributed by atoms with E-state index in [-0.39, 0.29) is 12.0 Å². The SMILES string of the molecule is CCCNC(CCOc1cccc(COC)c1)C(=O)OC. The van der Waals surface area contributed by atoms with Gasteiger partial charge in [-0.25, -0.2) is 0 Å². The Hall–Kier alpha value is -1.59. The third-order valence-corrected chi connectivity index (χ3v) is 3.01. The molecule has 0 saturated heterocycles. The summed E-state index contributed by atoms with van der Waals surface area (Å²) in [6.07, 6.45) is 1.54.